The van der Waals surface area contributed by atoms with Gasteiger partial charge in [-0.2, -0.15) is 14.0 Å². The molecule has 1 atom stereocenters. The van der Waals surface area contributed by atoms with Crippen molar-refractivity contribution in [1.29, 1.82) is 5.26 Å². The van der Waals surface area contributed by atoms with E-state index in [0.29, 0.717) is 29.2 Å². The van der Waals surface area contributed by atoms with Crippen molar-refractivity contribution in [3.05, 3.63) is 88.1 Å². The number of benzene rings is 3. The molecule has 3 aromatic carbocycles. The van der Waals surface area contributed by atoms with Gasteiger partial charge in [0.15, 0.2) is 23.9 Å². The van der Waals surface area contributed by atoms with Crippen LogP contribution in [-0.4, -0.2) is 26.3 Å². The summed E-state index contributed by atoms with van der Waals surface area (Å²) in [4.78, 5) is 12.3. The lowest BCUT2D eigenvalue weighted by Crippen LogP contribution is -2.22. The molecule has 3 aromatic rings. The third kappa shape index (κ3) is 7.22. The number of halogens is 5. The quantitative estimate of drug-likeness (QED) is 0.0539. The Hall–Kier alpha value is -4.99. The predicted octanol–water partition coefficient (Wildman–Crippen LogP) is 6.94. The Bertz CT molecular complexity index is 1630. The molecular weight excluding hydrogens is 603 g/mol. The van der Waals surface area contributed by atoms with Crippen LogP contribution in [0, 0.1) is 40.4 Å². The van der Waals surface area contributed by atoms with Crippen LogP contribution < -0.4 is 29.4 Å². The third-order valence-electron chi connectivity index (χ3n) is 6.95. The number of allylic oxidation sites excluding steroid dienone is 1. The van der Waals surface area contributed by atoms with Gasteiger partial charge in [-0.15, -0.1) is 0 Å². The van der Waals surface area contributed by atoms with E-state index in [4.69, 9.17) is 24.7 Å². The summed E-state index contributed by atoms with van der Waals surface area (Å²) in [7, 11) is 1.50. The third-order valence-corrected chi connectivity index (χ3v) is 6.95. The SMILES string of the molecule is CCCCCCCOc1ccc(C2C(C#N)=C(N)Oc3cc(OC(=O)COc4c(F)c(F)c(F)c(F)c4F)ccc32)cc1OC. The molecular formula is C32H29F5N2O6. The number of carbonyl (C=O) groups is 1. The van der Waals surface area contributed by atoms with Gasteiger partial charge in [0, 0.05) is 11.6 Å². The number of hydrogen-bond donors (Lipinski definition) is 1. The van der Waals surface area contributed by atoms with Gasteiger partial charge in [-0.05, 0) is 30.2 Å². The molecule has 1 aliphatic rings. The molecule has 0 spiro atoms. The maximum absolute atomic E-state index is 13.9. The Morgan fingerprint density at radius 2 is 1.60 bits per heavy atom. The number of nitriles is 1. The molecule has 0 aromatic heterocycles. The number of ether oxygens (including phenoxy) is 5. The van der Waals surface area contributed by atoms with E-state index in [0.717, 1.165) is 25.7 Å². The number of unbranched alkanes of at least 4 members (excludes halogenated alkanes) is 4. The molecule has 0 radical (unpaired) electrons. The van der Waals surface area contributed by atoms with Crippen molar-refractivity contribution in [2.24, 2.45) is 5.73 Å². The summed E-state index contributed by atoms with van der Waals surface area (Å²) in [5.41, 5.74) is 7.31. The van der Waals surface area contributed by atoms with Crippen molar-refractivity contribution in [3.63, 3.8) is 0 Å². The molecule has 0 saturated carbocycles. The molecule has 2 N–H and O–H groups in total. The van der Waals surface area contributed by atoms with E-state index < -0.39 is 53.3 Å². The van der Waals surface area contributed by atoms with E-state index in [1.54, 1.807) is 18.2 Å². The van der Waals surface area contributed by atoms with Gasteiger partial charge in [0.25, 0.3) is 0 Å². The summed E-state index contributed by atoms with van der Waals surface area (Å²) < 4.78 is 94.5. The maximum Gasteiger partial charge on any atom is 0.349 e. The van der Waals surface area contributed by atoms with Crippen molar-refractivity contribution >= 4 is 5.97 Å². The second-order valence-electron chi connectivity index (χ2n) is 9.96. The Morgan fingerprint density at radius 1 is 0.911 bits per heavy atom. The summed E-state index contributed by atoms with van der Waals surface area (Å²) >= 11 is 0. The van der Waals surface area contributed by atoms with Gasteiger partial charge in [-0.1, -0.05) is 44.7 Å². The second-order valence-corrected chi connectivity index (χ2v) is 9.96. The summed E-state index contributed by atoms with van der Waals surface area (Å²) in [6.45, 7) is 1.48. The lowest BCUT2D eigenvalue weighted by molar-refractivity contribution is -0.136. The minimum absolute atomic E-state index is 0.119. The van der Waals surface area contributed by atoms with Gasteiger partial charge in [-0.25, -0.2) is 18.0 Å². The van der Waals surface area contributed by atoms with Gasteiger partial charge in [0.1, 0.15) is 23.1 Å². The number of nitrogens with zero attached hydrogens (tertiary/aromatic N) is 1. The zero-order chi connectivity index (χ0) is 32.7. The summed E-state index contributed by atoms with van der Waals surface area (Å²) in [5.74, 6) is -14.0. The number of carbonyl (C=O) groups excluding carboxylic acids is 1. The number of methoxy groups -OCH3 is 1. The molecule has 45 heavy (non-hydrogen) atoms. The largest absolute Gasteiger partial charge is 0.493 e. The standard InChI is InChI=1S/C32H29F5N2O6/c1-3-4-5-6-7-12-42-21-11-8-17(13-23(21)41-2)25-19-10-9-18(14-22(19)45-32(39)20(25)15-38)44-24(40)16-43-31-29(36)27(34)26(33)28(35)30(31)37/h8-11,13-14,25H,3-7,12,16,39H2,1-2H3. The second kappa shape index (κ2) is 14.7. The molecule has 0 amide bonds. The Labute approximate surface area is 255 Å². The average Bonchev–Trinajstić information content (AvgIpc) is 3.03. The monoisotopic (exact) mass is 632 g/mol. The Balaban J connectivity index is 1.51. The summed E-state index contributed by atoms with van der Waals surface area (Å²) in [6, 6.07) is 11.5. The highest BCUT2D eigenvalue weighted by molar-refractivity contribution is 5.74. The van der Waals surface area contributed by atoms with Crippen molar-refractivity contribution in [2.75, 3.05) is 20.3 Å². The fraction of sp³-hybridized carbons (Fsp3) is 0.312. The highest BCUT2D eigenvalue weighted by atomic mass is 19.2. The first kappa shape index (κ1) is 32.9. The minimum Gasteiger partial charge on any atom is -0.493 e. The fourth-order valence-electron chi connectivity index (χ4n) is 4.72. The number of esters is 1. The topological polar surface area (TPSA) is 113 Å². The maximum atomic E-state index is 13.9. The van der Waals surface area contributed by atoms with Crippen LogP contribution in [0.4, 0.5) is 22.0 Å². The van der Waals surface area contributed by atoms with Crippen LogP contribution in [0.1, 0.15) is 56.1 Å². The first-order valence-corrected chi connectivity index (χ1v) is 14.0. The molecule has 1 heterocycles. The van der Waals surface area contributed by atoms with Crippen LogP contribution in [0.25, 0.3) is 0 Å². The number of rotatable bonds is 13. The van der Waals surface area contributed by atoms with E-state index >= 15 is 0 Å². The zero-order valence-electron chi connectivity index (χ0n) is 24.4. The fourth-order valence-corrected chi connectivity index (χ4v) is 4.72. The predicted molar refractivity (Wildman–Crippen MR) is 150 cm³/mol. The first-order valence-electron chi connectivity index (χ1n) is 14.0. The minimum atomic E-state index is -2.36. The average molecular weight is 633 g/mol. The number of nitrogens with two attached hydrogens (primary N) is 1. The van der Waals surface area contributed by atoms with Gasteiger partial charge in [-0.3, -0.25) is 0 Å². The number of fused-ring (bicyclic) bond motifs is 1. The first-order chi connectivity index (χ1) is 21.6. The van der Waals surface area contributed by atoms with Crippen LogP contribution in [0.15, 0.2) is 47.9 Å². The van der Waals surface area contributed by atoms with E-state index in [-0.39, 0.29) is 23.0 Å². The molecule has 4 rings (SSSR count). The Morgan fingerprint density at radius 3 is 2.27 bits per heavy atom. The highest BCUT2D eigenvalue weighted by Crippen LogP contribution is 2.45. The lowest BCUT2D eigenvalue weighted by Gasteiger charge is -2.27. The van der Waals surface area contributed by atoms with Gasteiger partial charge in [0.05, 0.1) is 19.6 Å². The van der Waals surface area contributed by atoms with Crippen LogP contribution in [0.3, 0.4) is 0 Å². The molecule has 1 unspecified atom stereocenters. The van der Waals surface area contributed by atoms with E-state index in [9.17, 15) is 32.0 Å². The van der Waals surface area contributed by atoms with Gasteiger partial charge < -0.3 is 29.4 Å². The van der Waals surface area contributed by atoms with Gasteiger partial charge >= 0.3 is 5.97 Å². The molecule has 0 aliphatic carbocycles. The molecule has 8 nitrogen and oxygen atoms in total. The van der Waals surface area contributed by atoms with E-state index in [1.165, 1.54) is 31.7 Å². The Kier molecular flexibility index (Phi) is 10.7. The molecule has 0 saturated heterocycles. The molecule has 1 aliphatic heterocycles. The van der Waals surface area contributed by atoms with Crippen molar-refractivity contribution in [3.8, 4) is 34.8 Å². The highest BCUT2D eigenvalue weighted by Gasteiger charge is 2.32. The molecule has 238 valence electrons. The summed E-state index contributed by atoms with van der Waals surface area (Å²) in [6.07, 6.45) is 5.40. The molecule has 0 bridgehead atoms. The number of hydrogen-bond acceptors (Lipinski definition) is 8. The molecule has 13 heteroatoms. The van der Waals surface area contributed by atoms with Gasteiger partial charge in [0.2, 0.25) is 35.0 Å². The summed E-state index contributed by atoms with van der Waals surface area (Å²) in [5, 5.41) is 9.89. The van der Waals surface area contributed by atoms with Crippen molar-refractivity contribution < 1.29 is 50.4 Å². The van der Waals surface area contributed by atoms with Crippen LogP contribution in [0.2, 0.25) is 0 Å². The van der Waals surface area contributed by atoms with Crippen LogP contribution >= 0.6 is 0 Å². The van der Waals surface area contributed by atoms with Crippen LogP contribution in [-0.2, 0) is 4.79 Å². The van der Waals surface area contributed by atoms with E-state index in [1.807, 2.05) is 0 Å². The smallest absolute Gasteiger partial charge is 0.349 e. The normalized spacial score (nSPS) is 13.9. The molecule has 0 fully saturated rings. The van der Waals surface area contributed by atoms with E-state index in [2.05, 4.69) is 17.7 Å². The lowest BCUT2D eigenvalue weighted by atomic mass is 9.83. The van der Waals surface area contributed by atoms with Crippen molar-refractivity contribution in [1.82, 2.24) is 0 Å². The zero-order valence-corrected chi connectivity index (χ0v) is 24.4. The van der Waals surface area contributed by atoms with Crippen LogP contribution in [0.5, 0.6) is 28.7 Å². The van der Waals surface area contributed by atoms with Crippen molar-refractivity contribution in [2.45, 2.75) is 44.9 Å².